The Labute approximate surface area is 141 Å². The molecule has 5 nitrogen and oxygen atoms in total. The molecule has 1 saturated heterocycles. The van der Waals surface area contributed by atoms with Gasteiger partial charge in [0.15, 0.2) is 0 Å². The van der Waals surface area contributed by atoms with E-state index in [0.717, 1.165) is 11.3 Å². The van der Waals surface area contributed by atoms with Gasteiger partial charge in [0.25, 0.3) is 0 Å². The van der Waals surface area contributed by atoms with Crippen molar-refractivity contribution in [3.63, 3.8) is 0 Å². The molecular weight excluding hydrogens is 306 g/mol. The minimum absolute atomic E-state index is 0.213. The second-order valence-electron chi connectivity index (χ2n) is 5.81. The van der Waals surface area contributed by atoms with Crippen LogP contribution in [0.4, 0.5) is 4.79 Å². The number of benzene rings is 2. The number of carbonyl (C=O) groups excluding carboxylic acids is 1. The van der Waals surface area contributed by atoms with E-state index in [9.17, 15) is 9.90 Å². The lowest BCUT2D eigenvalue weighted by Gasteiger charge is -2.35. The molecule has 0 bridgehead atoms. The Morgan fingerprint density at radius 1 is 1.08 bits per heavy atom. The summed E-state index contributed by atoms with van der Waals surface area (Å²) in [5, 5.41) is 10.3. The maximum absolute atomic E-state index is 12.1. The molecule has 1 heterocycles. The smallest absolute Gasteiger partial charge is 0.410 e. The van der Waals surface area contributed by atoms with Crippen molar-refractivity contribution in [1.29, 1.82) is 0 Å². The summed E-state index contributed by atoms with van der Waals surface area (Å²) in [6, 6.07) is 18.9. The summed E-state index contributed by atoms with van der Waals surface area (Å²) in [6.07, 6.45) is -0.888. The van der Waals surface area contributed by atoms with Crippen molar-refractivity contribution in [1.82, 2.24) is 4.90 Å². The number of β-amino-alcohol motifs (C(OH)–C–C–N with tert-alkyl or cyclic N) is 1. The topological polar surface area (TPSA) is 59.0 Å². The number of rotatable bonds is 4. The maximum atomic E-state index is 12.1. The van der Waals surface area contributed by atoms with Gasteiger partial charge in [-0.15, -0.1) is 0 Å². The predicted octanol–water partition coefficient (Wildman–Crippen LogP) is 2.84. The van der Waals surface area contributed by atoms with Gasteiger partial charge in [0.05, 0.1) is 6.54 Å². The van der Waals surface area contributed by atoms with Gasteiger partial charge in [-0.25, -0.2) is 4.79 Å². The van der Waals surface area contributed by atoms with E-state index in [1.807, 2.05) is 60.7 Å². The van der Waals surface area contributed by atoms with Gasteiger partial charge in [0.1, 0.15) is 24.6 Å². The number of aliphatic hydroxyl groups is 1. The largest absolute Gasteiger partial charge is 0.488 e. The molecule has 1 aliphatic rings. The van der Waals surface area contributed by atoms with Crippen LogP contribution in [-0.2, 0) is 11.3 Å². The van der Waals surface area contributed by atoms with Gasteiger partial charge in [-0.2, -0.15) is 0 Å². The number of hydrogen-bond donors (Lipinski definition) is 1. The van der Waals surface area contributed by atoms with Crippen LogP contribution in [0.2, 0.25) is 0 Å². The number of nitrogens with zero attached hydrogens (tertiary/aromatic N) is 1. The Kier molecular flexibility index (Phi) is 5.33. The molecule has 0 aromatic heterocycles. The minimum atomic E-state index is -0.733. The predicted molar refractivity (Wildman–Crippen MR) is 89.7 cm³/mol. The Morgan fingerprint density at radius 3 is 2.42 bits per heavy atom. The molecule has 126 valence electrons. The van der Waals surface area contributed by atoms with Gasteiger partial charge in [-0.3, -0.25) is 0 Å². The van der Waals surface area contributed by atoms with Crippen LogP contribution in [-0.4, -0.2) is 41.4 Å². The van der Waals surface area contributed by atoms with E-state index in [1.165, 1.54) is 4.90 Å². The van der Waals surface area contributed by atoms with Gasteiger partial charge < -0.3 is 19.5 Å². The molecule has 1 N–H and O–H groups in total. The molecule has 0 aliphatic carbocycles. The molecule has 1 fully saturated rings. The highest BCUT2D eigenvalue weighted by molar-refractivity contribution is 5.67. The second-order valence-corrected chi connectivity index (χ2v) is 5.81. The average molecular weight is 327 g/mol. The van der Waals surface area contributed by atoms with E-state index >= 15 is 0 Å². The highest BCUT2D eigenvalue weighted by Gasteiger charge is 2.32. The first-order chi connectivity index (χ1) is 11.7. The van der Waals surface area contributed by atoms with Crippen LogP contribution in [0.3, 0.4) is 0 Å². The average Bonchev–Trinajstić information content (AvgIpc) is 2.63. The van der Waals surface area contributed by atoms with E-state index < -0.39 is 12.2 Å². The molecule has 2 aromatic rings. The first kappa shape index (κ1) is 16.3. The lowest BCUT2D eigenvalue weighted by molar-refractivity contribution is -0.0252. The zero-order valence-electron chi connectivity index (χ0n) is 13.4. The Bertz CT molecular complexity index is 647. The molecule has 3 rings (SSSR count). The number of likely N-dealkylation sites (tertiary alicyclic amines) is 1. The number of ether oxygens (including phenoxy) is 2. The van der Waals surface area contributed by atoms with Crippen LogP contribution in [0, 0.1) is 0 Å². The van der Waals surface area contributed by atoms with Gasteiger partial charge in [0.2, 0.25) is 0 Å². The number of hydrogen-bond acceptors (Lipinski definition) is 4. The number of carbonyl (C=O) groups is 1. The first-order valence-electron chi connectivity index (χ1n) is 8.08. The number of aliphatic hydroxyl groups excluding tert-OH is 1. The Balaban J connectivity index is 1.48. The monoisotopic (exact) mass is 327 g/mol. The van der Waals surface area contributed by atoms with Crippen molar-refractivity contribution < 1.29 is 19.4 Å². The first-order valence-corrected chi connectivity index (χ1v) is 8.08. The van der Waals surface area contributed by atoms with Crippen LogP contribution in [0.15, 0.2) is 60.7 Å². The quantitative estimate of drug-likeness (QED) is 0.938. The molecule has 1 amide bonds. The zero-order chi connectivity index (χ0) is 16.8. The summed E-state index contributed by atoms with van der Waals surface area (Å²) in [7, 11) is 0. The van der Waals surface area contributed by atoms with E-state index in [0.29, 0.717) is 13.0 Å². The van der Waals surface area contributed by atoms with Gasteiger partial charge >= 0.3 is 6.09 Å². The van der Waals surface area contributed by atoms with E-state index in [1.54, 1.807) is 0 Å². The second kappa shape index (κ2) is 7.84. The highest BCUT2D eigenvalue weighted by Crippen LogP contribution is 2.19. The van der Waals surface area contributed by atoms with Crippen LogP contribution in [0.25, 0.3) is 0 Å². The standard InChI is InChI=1S/C19H21NO4/c21-17-13-20(19(22)23-14-15-7-3-1-4-8-15)12-11-18(17)24-16-9-5-2-6-10-16/h1-10,17-18,21H,11-14H2/t17-,18-/m1/s1. The lowest BCUT2D eigenvalue weighted by Crippen LogP contribution is -2.51. The molecule has 2 aromatic carbocycles. The minimum Gasteiger partial charge on any atom is -0.488 e. The van der Waals surface area contributed by atoms with E-state index in [2.05, 4.69) is 0 Å². The van der Waals surface area contributed by atoms with Crippen molar-refractivity contribution in [2.45, 2.75) is 25.2 Å². The van der Waals surface area contributed by atoms with Gasteiger partial charge in [0, 0.05) is 13.0 Å². The summed E-state index contributed by atoms with van der Waals surface area (Å²) in [6.45, 7) is 0.948. The SMILES string of the molecule is O=C(OCc1ccccc1)N1CC[C@@H](Oc2ccccc2)[C@H](O)C1. The van der Waals surface area contributed by atoms with Crippen LogP contribution in [0.5, 0.6) is 5.75 Å². The van der Waals surface area contributed by atoms with Gasteiger partial charge in [-0.1, -0.05) is 48.5 Å². The van der Waals surface area contributed by atoms with Gasteiger partial charge in [-0.05, 0) is 17.7 Å². The molecule has 0 spiro atoms. The third-order valence-corrected chi connectivity index (χ3v) is 4.01. The molecular formula is C19H21NO4. The lowest BCUT2D eigenvalue weighted by atomic mass is 10.1. The normalized spacial score (nSPS) is 20.5. The maximum Gasteiger partial charge on any atom is 0.410 e. The molecule has 1 aliphatic heterocycles. The fourth-order valence-electron chi connectivity index (χ4n) is 2.70. The third kappa shape index (κ3) is 4.26. The summed E-state index contributed by atoms with van der Waals surface area (Å²) in [5.41, 5.74) is 0.939. The molecule has 5 heteroatoms. The summed E-state index contributed by atoms with van der Waals surface area (Å²) in [4.78, 5) is 13.7. The van der Waals surface area contributed by atoms with Crippen LogP contribution < -0.4 is 4.74 Å². The summed E-state index contributed by atoms with van der Waals surface area (Å²) < 4.78 is 11.1. The third-order valence-electron chi connectivity index (χ3n) is 4.01. The molecule has 0 saturated carbocycles. The zero-order valence-corrected chi connectivity index (χ0v) is 13.4. The van der Waals surface area contributed by atoms with Crippen molar-refractivity contribution in [2.24, 2.45) is 0 Å². The van der Waals surface area contributed by atoms with Crippen LogP contribution >= 0.6 is 0 Å². The molecule has 0 unspecified atom stereocenters. The molecule has 0 radical (unpaired) electrons. The van der Waals surface area contributed by atoms with Crippen LogP contribution in [0.1, 0.15) is 12.0 Å². The fourth-order valence-corrected chi connectivity index (χ4v) is 2.70. The van der Waals surface area contributed by atoms with Crippen molar-refractivity contribution in [2.75, 3.05) is 13.1 Å². The number of piperidine rings is 1. The van der Waals surface area contributed by atoms with E-state index in [-0.39, 0.29) is 19.3 Å². The summed E-state index contributed by atoms with van der Waals surface area (Å²) >= 11 is 0. The van der Waals surface area contributed by atoms with Crippen molar-refractivity contribution in [3.05, 3.63) is 66.2 Å². The Morgan fingerprint density at radius 2 is 1.75 bits per heavy atom. The molecule has 24 heavy (non-hydrogen) atoms. The summed E-state index contributed by atoms with van der Waals surface area (Å²) in [5.74, 6) is 0.724. The molecule has 2 atom stereocenters. The number of amides is 1. The highest BCUT2D eigenvalue weighted by atomic mass is 16.6. The Hall–Kier alpha value is -2.53. The van der Waals surface area contributed by atoms with Crippen molar-refractivity contribution in [3.8, 4) is 5.75 Å². The van der Waals surface area contributed by atoms with Crippen molar-refractivity contribution >= 4 is 6.09 Å². The number of para-hydroxylation sites is 1. The fraction of sp³-hybridized carbons (Fsp3) is 0.316. The van der Waals surface area contributed by atoms with E-state index in [4.69, 9.17) is 9.47 Å².